The molecule has 112 valence electrons. The number of nitrogens with zero attached hydrogens (tertiary/aromatic N) is 2. The van der Waals surface area contributed by atoms with E-state index in [0.717, 1.165) is 21.3 Å². The highest BCUT2D eigenvalue weighted by molar-refractivity contribution is 5.89. The minimum Gasteiger partial charge on any atom is -0.295 e. The van der Waals surface area contributed by atoms with Crippen molar-refractivity contribution in [2.75, 3.05) is 0 Å². The Labute approximate surface area is 119 Å². The van der Waals surface area contributed by atoms with Crippen LogP contribution in [0.3, 0.4) is 0 Å². The van der Waals surface area contributed by atoms with Crippen LogP contribution in [-0.4, -0.2) is 25.7 Å². The van der Waals surface area contributed by atoms with Gasteiger partial charge in [-0.15, -0.1) is 0 Å². The molecule has 0 aromatic carbocycles. The highest BCUT2D eigenvalue weighted by Gasteiger charge is 2.11. The summed E-state index contributed by atoms with van der Waals surface area (Å²) in [6, 6.07) is 0. The minimum atomic E-state index is -0.895. The van der Waals surface area contributed by atoms with Gasteiger partial charge in [0.2, 0.25) is 0 Å². The third-order valence-electron chi connectivity index (χ3n) is 2.78. The third-order valence-corrected chi connectivity index (χ3v) is 2.78. The molecule has 0 saturated heterocycles. The molecular weight excluding hydrogens is 278 g/mol. The van der Waals surface area contributed by atoms with Crippen LogP contribution in [0.25, 0.3) is 0 Å². The lowest BCUT2D eigenvalue weighted by Gasteiger charge is -2.07. The zero-order valence-electron chi connectivity index (χ0n) is 11.3. The molecule has 0 aliphatic rings. The minimum absolute atomic E-state index is 0.0870. The summed E-state index contributed by atoms with van der Waals surface area (Å²) < 4.78 is 1.47. The first-order valence-corrected chi connectivity index (χ1v) is 6.15. The average molecular weight is 293 g/mol. The van der Waals surface area contributed by atoms with Crippen LogP contribution in [0.15, 0.2) is 39.7 Å². The van der Waals surface area contributed by atoms with Gasteiger partial charge >= 0.3 is 17.1 Å². The Morgan fingerprint density at radius 2 is 1.29 bits per heavy atom. The number of rotatable bonds is 8. The van der Waals surface area contributed by atoms with Crippen LogP contribution >= 0.6 is 0 Å². The van der Waals surface area contributed by atoms with Gasteiger partial charge in [0, 0.05) is 25.9 Å². The van der Waals surface area contributed by atoms with Crippen molar-refractivity contribution in [3.8, 4) is 0 Å². The molecule has 1 heterocycles. The van der Waals surface area contributed by atoms with Gasteiger partial charge in [0.05, 0.1) is 0 Å². The molecule has 8 heteroatoms. The van der Waals surface area contributed by atoms with Crippen LogP contribution < -0.4 is 17.1 Å². The Kier molecular flexibility index (Phi) is 5.53. The number of H-pyrrole nitrogens is 1. The van der Waals surface area contributed by atoms with Crippen LogP contribution in [0.4, 0.5) is 0 Å². The third kappa shape index (κ3) is 4.10. The topological polar surface area (TPSA) is 111 Å². The second kappa shape index (κ2) is 7.13. The van der Waals surface area contributed by atoms with E-state index in [1.165, 1.54) is 0 Å². The predicted octanol–water partition coefficient (Wildman–Crippen LogP) is -1.01. The molecule has 8 nitrogen and oxygen atoms in total. The van der Waals surface area contributed by atoms with Gasteiger partial charge in [0.25, 0.3) is 0 Å². The zero-order valence-corrected chi connectivity index (χ0v) is 11.3. The molecule has 0 spiro atoms. The Bertz CT molecular complexity index is 691. The highest BCUT2D eigenvalue weighted by Crippen LogP contribution is 1.88. The van der Waals surface area contributed by atoms with Crippen molar-refractivity contribution >= 4 is 11.6 Å². The summed E-state index contributed by atoms with van der Waals surface area (Å²) in [6.07, 6.45) is 1.99. The van der Waals surface area contributed by atoms with Crippen molar-refractivity contribution in [1.29, 1.82) is 0 Å². The quantitative estimate of drug-likeness (QED) is 0.617. The summed E-state index contributed by atoms with van der Waals surface area (Å²) in [5.41, 5.74) is -2.65. The lowest BCUT2D eigenvalue weighted by Crippen LogP contribution is -2.49. The molecule has 1 rings (SSSR count). The van der Waals surface area contributed by atoms with Gasteiger partial charge in [0.1, 0.15) is 0 Å². The van der Waals surface area contributed by atoms with Crippen molar-refractivity contribution in [3.63, 3.8) is 0 Å². The van der Waals surface area contributed by atoms with Gasteiger partial charge in [-0.05, 0) is 12.2 Å². The number of nitrogens with one attached hydrogen (secondary N) is 1. The number of aromatic amines is 1. The second-order valence-electron chi connectivity index (χ2n) is 4.16. The molecule has 0 saturated carbocycles. The first-order chi connectivity index (χ1) is 9.90. The summed E-state index contributed by atoms with van der Waals surface area (Å²) in [4.78, 5) is 59.5. The molecule has 0 atom stereocenters. The second-order valence-corrected chi connectivity index (χ2v) is 4.16. The van der Waals surface area contributed by atoms with Crippen molar-refractivity contribution in [3.05, 3.63) is 56.8 Å². The van der Waals surface area contributed by atoms with E-state index >= 15 is 0 Å². The molecule has 21 heavy (non-hydrogen) atoms. The molecule has 1 N–H and O–H groups in total. The largest absolute Gasteiger partial charge is 0.336 e. The monoisotopic (exact) mass is 293 g/mol. The highest BCUT2D eigenvalue weighted by atomic mass is 16.2. The van der Waals surface area contributed by atoms with Gasteiger partial charge in [-0.2, -0.15) is 0 Å². The van der Waals surface area contributed by atoms with Gasteiger partial charge in [-0.1, -0.05) is 13.2 Å². The number of carbonyl (C=O) groups is 2. The number of aromatic nitrogens is 3. The standard InChI is InChI=1S/C13H15N3O5/c1-3-9(17)5-7-15-11(19)14-12(20)16(13(15)21)8-6-10(18)4-2/h3-4H,1-2,5-8H2,(H,14,19,20). The van der Waals surface area contributed by atoms with Crippen molar-refractivity contribution in [2.45, 2.75) is 25.9 Å². The fourth-order valence-corrected chi connectivity index (χ4v) is 1.59. The van der Waals surface area contributed by atoms with E-state index in [9.17, 15) is 24.0 Å². The van der Waals surface area contributed by atoms with E-state index in [1.54, 1.807) is 0 Å². The maximum atomic E-state index is 12.0. The van der Waals surface area contributed by atoms with Crippen molar-refractivity contribution in [1.82, 2.24) is 14.1 Å². The first kappa shape index (κ1) is 16.3. The number of hydrogen-bond acceptors (Lipinski definition) is 5. The van der Waals surface area contributed by atoms with E-state index in [4.69, 9.17) is 0 Å². The van der Waals surface area contributed by atoms with Crippen LogP contribution in [0, 0.1) is 0 Å². The van der Waals surface area contributed by atoms with E-state index in [0.29, 0.717) is 0 Å². The van der Waals surface area contributed by atoms with E-state index < -0.39 is 17.1 Å². The lowest BCUT2D eigenvalue weighted by atomic mass is 10.3. The fraction of sp³-hybridized carbons (Fsp3) is 0.308. The number of ketones is 2. The molecule has 0 aliphatic carbocycles. The Morgan fingerprint density at radius 3 is 1.62 bits per heavy atom. The normalized spacial score (nSPS) is 10.1. The Hall–Kier alpha value is -2.77. The van der Waals surface area contributed by atoms with Crippen molar-refractivity contribution < 1.29 is 9.59 Å². The maximum Gasteiger partial charge on any atom is 0.336 e. The number of hydrogen-bond donors (Lipinski definition) is 1. The zero-order chi connectivity index (χ0) is 16.0. The maximum absolute atomic E-state index is 12.0. The van der Waals surface area contributed by atoms with Crippen LogP contribution in [-0.2, 0) is 22.7 Å². The van der Waals surface area contributed by atoms with Gasteiger partial charge in [-0.25, -0.2) is 23.5 Å². The van der Waals surface area contributed by atoms with Crippen molar-refractivity contribution in [2.24, 2.45) is 0 Å². The van der Waals surface area contributed by atoms with E-state index in [2.05, 4.69) is 13.2 Å². The Balaban J connectivity index is 3.13. The lowest BCUT2D eigenvalue weighted by molar-refractivity contribution is -0.115. The van der Waals surface area contributed by atoms with Crippen LogP contribution in [0.1, 0.15) is 12.8 Å². The van der Waals surface area contributed by atoms with Gasteiger partial charge in [0.15, 0.2) is 11.6 Å². The molecule has 1 aromatic rings. The molecule has 0 aliphatic heterocycles. The van der Waals surface area contributed by atoms with Gasteiger partial charge in [-0.3, -0.25) is 14.6 Å². The van der Waals surface area contributed by atoms with Crippen LogP contribution in [0.5, 0.6) is 0 Å². The number of allylic oxidation sites excluding steroid dienone is 2. The van der Waals surface area contributed by atoms with Crippen LogP contribution in [0.2, 0.25) is 0 Å². The molecule has 0 amide bonds. The summed E-state index contributed by atoms with van der Waals surface area (Å²) >= 11 is 0. The summed E-state index contributed by atoms with van der Waals surface area (Å²) in [7, 11) is 0. The SMILES string of the molecule is C=CC(=O)CCn1c(=O)[nH]c(=O)n(CCC(=O)C=C)c1=O. The molecule has 0 unspecified atom stereocenters. The van der Waals surface area contributed by atoms with E-state index in [-0.39, 0.29) is 37.5 Å². The molecule has 0 radical (unpaired) electrons. The Morgan fingerprint density at radius 1 is 0.905 bits per heavy atom. The smallest absolute Gasteiger partial charge is 0.295 e. The summed E-state index contributed by atoms with van der Waals surface area (Å²) in [5.74, 6) is -0.665. The first-order valence-electron chi connectivity index (χ1n) is 6.15. The molecule has 1 aromatic heterocycles. The summed E-state index contributed by atoms with van der Waals surface area (Å²) in [5, 5.41) is 0. The number of carbonyl (C=O) groups excluding carboxylic acids is 2. The van der Waals surface area contributed by atoms with Gasteiger partial charge < -0.3 is 0 Å². The molecule has 0 fully saturated rings. The molecule has 0 bridgehead atoms. The van der Waals surface area contributed by atoms with E-state index in [1.807, 2.05) is 4.98 Å². The predicted molar refractivity (Wildman–Crippen MR) is 75.2 cm³/mol. The summed E-state index contributed by atoms with van der Waals surface area (Å²) in [6.45, 7) is 6.22. The fourth-order valence-electron chi connectivity index (χ4n) is 1.59. The average Bonchev–Trinajstić information content (AvgIpc) is 2.45. The molecular formula is C13H15N3O5.